The van der Waals surface area contributed by atoms with Gasteiger partial charge in [0.05, 0.1) is 5.84 Å². The minimum absolute atomic E-state index is 1.04. The number of amidine groups is 1. The minimum Gasteiger partial charge on any atom is -0.374 e. The van der Waals surface area contributed by atoms with Gasteiger partial charge in [0.25, 0.3) is 0 Å². The van der Waals surface area contributed by atoms with Gasteiger partial charge in [0.2, 0.25) is 0 Å². The number of rotatable bonds is 6. The number of hydrogen-bond donors (Lipinski definition) is 1. The third-order valence-corrected chi connectivity index (χ3v) is 2.48. The Hall–Kier alpha value is -0.530. The molecule has 0 aliphatic carbocycles. The Morgan fingerprint density at radius 2 is 2.08 bits per heavy atom. The van der Waals surface area contributed by atoms with Crippen molar-refractivity contribution in [1.29, 1.82) is 0 Å². The molecule has 0 radical (unpaired) electrons. The zero-order valence-corrected chi connectivity index (χ0v) is 8.81. The molecule has 0 aromatic heterocycles. The summed E-state index contributed by atoms with van der Waals surface area (Å²) in [6, 6.07) is 0. The fraction of sp³-hybridized carbons (Fsp3) is 0.909. The van der Waals surface area contributed by atoms with Crippen molar-refractivity contribution in [2.75, 3.05) is 13.1 Å². The van der Waals surface area contributed by atoms with Gasteiger partial charge in [-0.2, -0.15) is 0 Å². The van der Waals surface area contributed by atoms with Gasteiger partial charge in [0, 0.05) is 19.5 Å². The summed E-state index contributed by atoms with van der Waals surface area (Å²) in [5.74, 6) is 1.25. The first-order valence-corrected chi connectivity index (χ1v) is 5.70. The predicted molar refractivity (Wildman–Crippen MR) is 58.3 cm³/mol. The highest BCUT2D eigenvalue weighted by Gasteiger charge is 2.02. The standard InChI is InChI=1S/C11H22N2/c1-2-3-4-5-6-8-11-12-9-7-10-13-11/h2-10H2,1H3,(H,12,13). The SMILES string of the molecule is CCCCCCCC1=NCCCN1. The van der Waals surface area contributed by atoms with Crippen LogP contribution >= 0.6 is 0 Å². The Morgan fingerprint density at radius 3 is 2.77 bits per heavy atom. The average Bonchev–Trinajstić information content (AvgIpc) is 2.19. The zero-order valence-electron chi connectivity index (χ0n) is 8.81. The van der Waals surface area contributed by atoms with Crippen molar-refractivity contribution < 1.29 is 0 Å². The number of aliphatic imine (C=N–C) groups is 1. The van der Waals surface area contributed by atoms with Gasteiger partial charge in [-0.1, -0.05) is 32.6 Å². The quantitative estimate of drug-likeness (QED) is 0.628. The molecular weight excluding hydrogens is 160 g/mol. The zero-order chi connectivity index (χ0) is 9.36. The van der Waals surface area contributed by atoms with Crippen molar-refractivity contribution in [2.24, 2.45) is 4.99 Å². The topological polar surface area (TPSA) is 24.4 Å². The van der Waals surface area contributed by atoms with E-state index < -0.39 is 0 Å². The first-order valence-electron chi connectivity index (χ1n) is 5.70. The van der Waals surface area contributed by atoms with Crippen LogP contribution in [0.5, 0.6) is 0 Å². The molecule has 2 nitrogen and oxygen atoms in total. The van der Waals surface area contributed by atoms with Gasteiger partial charge in [-0.25, -0.2) is 0 Å². The van der Waals surface area contributed by atoms with Crippen LogP contribution in [0.2, 0.25) is 0 Å². The second-order valence-electron chi connectivity index (χ2n) is 3.77. The van der Waals surface area contributed by atoms with Gasteiger partial charge >= 0.3 is 0 Å². The second kappa shape index (κ2) is 6.93. The van der Waals surface area contributed by atoms with E-state index >= 15 is 0 Å². The molecular formula is C11H22N2. The third kappa shape index (κ3) is 4.91. The molecule has 0 unspecified atom stereocenters. The lowest BCUT2D eigenvalue weighted by Gasteiger charge is -2.13. The molecule has 1 N–H and O–H groups in total. The monoisotopic (exact) mass is 182 g/mol. The molecule has 0 saturated carbocycles. The van der Waals surface area contributed by atoms with Crippen LogP contribution < -0.4 is 5.32 Å². The van der Waals surface area contributed by atoms with Crippen molar-refractivity contribution in [3.05, 3.63) is 0 Å². The van der Waals surface area contributed by atoms with Crippen LogP contribution in [0.1, 0.15) is 51.9 Å². The van der Waals surface area contributed by atoms with E-state index in [0.29, 0.717) is 0 Å². The van der Waals surface area contributed by atoms with Gasteiger partial charge in [0.1, 0.15) is 0 Å². The molecule has 1 aliphatic heterocycles. The Morgan fingerprint density at radius 1 is 1.23 bits per heavy atom. The summed E-state index contributed by atoms with van der Waals surface area (Å²) in [6.07, 6.45) is 9.17. The van der Waals surface area contributed by atoms with E-state index in [2.05, 4.69) is 17.2 Å². The van der Waals surface area contributed by atoms with Gasteiger partial charge in [-0.3, -0.25) is 4.99 Å². The van der Waals surface area contributed by atoms with Crippen LogP contribution in [0.25, 0.3) is 0 Å². The van der Waals surface area contributed by atoms with Crippen molar-refractivity contribution in [3.63, 3.8) is 0 Å². The summed E-state index contributed by atoms with van der Waals surface area (Å²) < 4.78 is 0. The van der Waals surface area contributed by atoms with Crippen LogP contribution in [-0.2, 0) is 0 Å². The Bertz CT molecular complexity index is 152. The molecule has 0 bridgehead atoms. The number of hydrogen-bond acceptors (Lipinski definition) is 2. The maximum Gasteiger partial charge on any atom is 0.0963 e. The summed E-state index contributed by atoms with van der Waals surface area (Å²) in [5, 5.41) is 3.36. The van der Waals surface area contributed by atoms with E-state index in [1.807, 2.05) is 0 Å². The Balaban J connectivity index is 1.95. The molecule has 0 saturated heterocycles. The van der Waals surface area contributed by atoms with Crippen LogP contribution in [-0.4, -0.2) is 18.9 Å². The van der Waals surface area contributed by atoms with Crippen LogP contribution in [0.4, 0.5) is 0 Å². The average molecular weight is 182 g/mol. The maximum absolute atomic E-state index is 4.45. The molecule has 0 fully saturated rings. The molecule has 1 rings (SSSR count). The van der Waals surface area contributed by atoms with E-state index in [0.717, 1.165) is 13.1 Å². The molecule has 1 aliphatic rings. The molecule has 2 heteroatoms. The van der Waals surface area contributed by atoms with Gasteiger partial charge < -0.3 is 5.32 Å². The lowest BCUT2D eigenvalue weighted by Crippen LogP contribution is -2.29. The van der Waals surface area contributed by atoms with Crippen LogP contribution in [0.15, 0.2) is 4.99 Å². The molecule has 0 amide bonds. The van der Waals surface area contributed by atoms with Crippen molar-refractivity contribution >= 4 is 5.84 Å². The summed E-state index contributed by atoms with van der Waals surface area (Å²) in [7, 11) is 0. The lowest BCUT2D eigenvalue weighted by molar-refractivity contribution is 0.631. The normalized spacial score (nSPS) is 16.5. The minimum atomic E-state index is 1.04. The maximum atomic E-state index is 4.45. The molecule has 76 valence electrons. The highest BCUT2D eigenvalue weighted by molar-refractivity contribution is 5.82. The predicted octanol–water partition coefficient (Wildman–Crippen LogP) is 2.74. The number of nitrogens with one attached hydrogen (secondary N) is 1. The highest BCUT2D eigenvalue weighted by atomic mass is 15.0. The third-order valence-electron chi connectivity index (χ3n) is 2.48. The van der Waals surface area contributed by atoms with Gasteiger partial charge in [0.15, 0.2) is 0 Å². The molecule has 13 heavy (non-hydrogen) atoms. The fourth-order valence-corrected chi connectivity index (χ4v) is 1.65. The largest absolute Gasteiger partial charge is 0.374 e. The first-order chi connectivity index (χ1) is 6.43. The Labute approximate surface area is 81.8 Å². The number of unbranched alkanes of at least 4 members (excludes halogenated alkanes) is 4. The van der Waals surface area contributed by atoms with E-state index in [4.69, 9.17) is 0 Å². The van der Waals surface area contributed by atoms with Crippen molar-refractivity contribution in [1.82, 2.24) is 5.32 Å². The summed E-state index contributed by atoms with van der Waals surface area (Å²) in [6.45, 7) is 4.43. The Kier molecular flexibility index (Phi) is 5.62. The van der Waals surface area contributed by atoms with Crippen molar-refractivity contribution in [3.8, 4) is 0 Å². The van der Waals surface area contributed by atoms with Gasteiger partial charge in [-0.15, -0.1) is 0 Å². The van der Waals surface area contributed by atoms with Gasteiger partial charge in [-0.05, 0) is 12.8 Å². The molecule has 1 heterocycles. The lowest BCUT2D eigenvalue weighted by atomic mass is 10.1. The van der Waals surface area contributed by atoms with E-state index in [9.17, 15) is 0 Å². The van der Waals surface area contributed by atoms with Crippen LogP contribution in [0, 0.1) is 0 Å². The number of nitrogens with zero attached hydrogens (tertiary/aromatic N) is 1. The van der Waals surface area contributed by atoms with E-state index in [1.165, 1.54) is 50.8 Å². The summed E-state index contributed by atoms with van der Waals surface area (Å²) >= 11 is 0. The summed E-state index contributed by atoms with van der Waals surface area (Å²) in [5.41, 5.74) is 0. The smallest absolute Gasteiger partial charge is 0.0963 e. The molecule has 0 atom stereocenters. The highest BCUT2D eigenvalue weighted by Crippen LogP contribution is 2.06. The summed E-state index contributed by atoms with van der Waals surface area (Å²) in [4.78, 5) is 4.45. The van der Waals surface area contributed by atoms with E-state index in [1.54, 1.807) is 0 Å². The fourth-order valence-electron chi connectivity index (χ4n) is 1.65. The second-order valence-corrected chi connectivity index (χ2v) is 3.77. The molecule has 0 aromatic rings. The molecule has 0 spiro atoms. The first kappa shape index (κ1) is 10.6. The van der Waals surface area contributed by atoms with Crippen LogP contribution in [0.3, 0.4) is 0 Å². The van der Waals surface area contributed by atoms with Crippen molar-refractivity contribution in [2.45, 2.75) is 51.9 Å². The van der Waals surface area contributed by atoms with E-state index in [-0.39, 0.29) is 0 Å². The molecule has 0 aromatic carbocycles.